The molecule has 0 aromatic heterocycles. The molecular formula is C21H27NO2. The molecule has 1 heterocycles. The van der Waals surface area contributed by atoms with Gasteiger partial charge in [0.25, 0.3) is 0 Å². The van der Waals surface area contributed by atoms with Crippen LogP contribution in [0.2, 0.25) is 0 Å². The Morgan fingerprint density at radius 2 is 1.67 bits per heavy atom. The number of methoxy groups -OCH3 is 1. The lowest BCUT2D eigenvalue weighted by atomic mass is 9.67. The van der Waals surface area contributed by atoms with Gasteiger partial charge in [-0.1, -0.05) is 49.4 Å². The summed E-state index contributed by atoms with van der Waals surface area (Å²) in [4.78, 5) is 0. The van der Waals surface area contributed by atoms with E-state index in [1.165, 1.54) is 0 Å². The fourth-order valence-electron chi connectivity index (χ4n) is 3.95. The van der Waals surface area contributed by atoms with Crippen LogP contribution in [0.25, 0.3) is 0 Å². The van der Waals surface area contributed by atoms with Crippen molar-refractivity contribution in [1.29, 1.82) is 0 Å². The molecule has 2 aromatic carbocycles. The van der Waals surface area contributed by atoms with Crippen LogP contribution in [0.15, 0.2) is 54.6 Å². The Morgan fingerprint density at radius 1 is 1.04 bits per heavy atom. The van der Waals surface area contributed by atoms with Gasteiger partial charge in [0.15, 0.2) is 0 Å². The van der Waals surface area contributed by atoms with Crippen LogP contribution in [0.1, 0.15) is 36.8 Å². The summed E-state index contributed by atoms with van der Waals surface area (Å²) in [7, 11) is 1.67. The number of benzene rings is 2. The standard InChI is InChI=1S/C21H27NO2/c1-16(17-8-10-20(24-2)11-9-17)21(23,18-6-4-3-5-7-18)19-12-14-22-15-13-19/h3-11,16,19,22-23H,12-15H2,1-2H3. The second kappa shape index (κ2) is 7.37. The van der Waals surface area contributed by atoms with E-state index < -0.39 is 5.60 Å². The highest BCUT2D eigenvalue weighted by atomic mass is 16.5. The largest absolute Gasteiger partial charge is 0.497 e. The molecule has 0 saturated carbocycles. The number of piperidine rings is 1. The molecule has 24 heavy (non-hydrogen) atoms. The van der Waals surface area contributed by atoms with E-state index in [2.05, 4.69) is 36.5 Å². The van der Waals surface area contributed by atoms with Crippen LogP contribution >= 0.6 is 0 Å². The van der Waals surface area contributed by atoms with Crippen LogP contribution in [0, 0.1) is 5.92 Å². The van der Waals surface area contributed by atoms with Crippen LogP contribution in [-0.4, -0.2) is 25.3 Å². The SMILES string of the molecule is COc1ccc(C(C)C(O)(c2ccccc2)C2CCNCC2)cc1. The van der Waals surface area contributed by atoms with E-state index in [0.29, 0.717) is 0 Å². The van der Waals surface area contributed by atoms with Crippen molar-refractivity contribution in [1.82, 2.24) is 5.32 Å². The first-order valence-corrected chi connectivity index (χ1v) is 8.79. The molecule has 1 aliphatic rings. The lowest BCUT2D eigenvalue weighted by Crippen LogP contribution is -2.45. The Labute approximate surface area is 144 Å². The molecule has 1 saturated heterocycles. The zero-order valence-electron chi connectivity index (χ0n) is 14.5. The Balaban J connectivity index is 1.99. The number of rotatable bonds is 5. The predicted molar refractivity (Wildman–Crippen MR) is 97.3 cm³/mol. The Hall–Kier alpha value is -1.84. The summed E-state index contributed by atoms with van der Waals surface area (Å²) in [6.45, 7) is 4.07. The maximum atomic E-state index is 11.9. The van der Waals surface area contributed by atoms with Crippen molar-refractivity contribution in [2.75, 3.05) is 20.2 Å². The van der Waals surface area contributed by atoms with Gasteiger partial charge in [-0.25, -0.2) is 0 Å². The molecule has 0 aliphatic carbocycles. The molecule has 1 aliphatic heterocycles. The Kier molecular flexibility index (Phi) is 5.22. The molecule has 3 rings (SSSR count). The summed E-state index contributed by atoms with van der Waals surface area (Å²) in [5.74, 6) is 1.10. The molecule has 2 N–H and O–H groups in total. The number of ether oxygens (including phenoxy) is 1. The topological polar surface area (TPSA) is 41.5 Å². The van der Waals surface area contributed by atoms with E-state index in [-0.39, 0.29) is 11.8 Å². The van der Waals surface area contributed by atoms with Gasteiger partial charge in [-0.15, -0.1) is 0 Å². The summed E-state index contributed by atoms with van der Waals surface area (Å²) >= 11 is 0. The molecule has 0 amide bonds. The van der Waals surface area contributed by atoms with Crippen LogP contribution in [0.3, 0.4) is 0 Å². The van der Waals surface area contributed by atoms with E-state index in [1.807, 2.05) is 30.3 Å². The molecule has 0 bridgehead atoms. The average Bonchev–Trinajstić information content (AvgIpc) is 2.68. The van der Waals surface area contributed by atoms with Crippen molar-refractivity contribution < 1.29 is 9.84 Å². The second-order valence-corrected chi connectivity index (χ2v) is 6.71. The fourth-order valence-corrected chi connectivity index (χ4v) is 3.95. The van der Waals surface area contributed by atoms with Gasteiger partial charge < -0.3 is 15.2 Å². The Morgan fingerprint density at radius 3 is 2.25 bits per heavy atom. The van der Waals surface area contributed by atoms with Crippen molar-refractivity contribution >= 4 is 0 Å². The van der Waals surface area contributed by atoms with E-state index in [0.717, 1.165) is 42.8 Å². The van der Waals surface area contributed by atoms with Crippen molar-refractivity contribution in [2.24, 2.45) is 5.92 Å². The molecule has 128 valence electrons. The highest BCUT2D eigenvalue weighted by Crippen LogP contribution is 2.45. The summed E-state index contributed by atoms with van der Waals surface area (Å²) < 4.78 is 5.26. The monoisotopic (exact) mass is 325 g/mol. The quantitative estimate of drug-likeness (QED) is 0.881. The van der Waals surface area contributed by atoms with Crippen LogP contribution in [0.5, 0.6) is 5.75 Å². The fraction of sp³-hybridized carbons (Fsp3) is 0.429. The van der Waals surface area contributed by atoms with Crippen LogP contribution in [-0.2, 0) is 5.60 Å². The summed E-state index contributed by atoms with van der Waals surface area (Å²) in [6, 6.07) is 18.2. The van der Waals surface area contributed by atoms with E-state index in [4.69, 9.17) is 4.74 Å². The average molecular weight is 325 g/mol. The smallest absolute Gasteiger partial charge is 0.118 e. The first-order chi connectivity index (χ1) is 11.7. The van der Waals surface area contributed by atoms with Gasteiger partial charge in [0.05, 0.1) is 12.7 Å². The van der Waals surface area contributed by atoms with E-state index in [9.17, 15) is 5.11 Å². The number of hydrogen-bond donors (Lipinski definition) is 2. The maximum Gasteiger partial charge on any atom is 0.118 e. The third kappa shape index (κ3) is 3.19. The minimum Gasteiger partial charge on any atom is -0.497 e. The van der Waals surface area contributed by atoms with Crippen LogP contribution in [0.4, 0.5) is 0 Å². The maximum absolute atomic E-state index is 11.9. The van der Waals surface area contributed by atoms with Gasteiger partial charge in [0.2, 0.25) is 0 Å². The molecule has 2 unspecified atom stereocenters. The lowest BCUT2D eigenvalue weighted by molar-refractivity contribution is -0.0561. The molecule has 2 aromatic rings. The van der Waals surface area contributed by atoms with Gasteiger partial charge in [0, 0.05) is 5.92 Å². The highest BCUT2D eigenvalue weighted by molar-refractivity contribution is 5.35. The third-order valence-electron chi connectivity index (χ3n) is 5.47. The normalized spacial score (nSPS) is 19.5. The van der Waals surface area contributed by atoms with Gasteiger partial charge in [-0.2, -0.15) is 0 Å². The zero-order chi connectivity index (χ0) is 17.0. The minimum absolute atomic E-state index is 0.00825. The molecule has 3 nitrogen and oxygen atoms in total. The second-order valence-electron chi connectivity index (χ2n) is 6.71. The first-order valence-electron chi connectivity index (χ1n) is 8.79. The third-order valence-corrected chi connectivity index (χ3v) is 5.47. The van der Waals surface area contributed by atoms with Gasteiger partial charge in [-0.3, -0.25) is 0 Å². The molecule has 0 spiro atoms. The van der Waals surface area contributed by atoms with E-state index >= 15 is 0 Å². The summed E-state index contributed by atoms with van der Waals surface area (Å²) in [5, 5.41) is 15.3. The van der Waals surface area contributed by atoms with Gasteiger partial charge in [0.1, 0.15) is 5.75 Å². The first kappa shape index (κ1) is 17.0. The minimum atomic E-state index is -0.863. The molecule has 2 atom stereocenters. The van der Waals surface area contributed by atoms with Gasteiger partial charge in [-0.05, 0) is 55.1 Å². The zero-order valence-corrected chi connectivity index (χ0v) is 14.5. The van der Waals surface area contributed by atoms with Crippen molar-refractivity contribution in [3.8, 4) is 5.75 Å². The Bertz CT molecular complexity index is 635. The summed E-state index contributed by atoms with van der Waals surface area (Å²) in [5.41, 5.74) is 1.29. The molecule has 1 fully saturated rings. The van der Waals surface area contributed by atoms with E-state index in [1.54, 1.807) is 7.11 Å². The molecular weight excluding hydrogens is 298 g/mol. The highest BCUT2D eigenvalue weighted by Gasteiger charge is 2.43. The number of hydrogen-bond acceptors (Lipinski definition) is 3. The molecule has 3 heteroatoms. The molecule has 0 radical (unpaired) electrons. The predicted octanol–water partition coefficient (Wildman–Crippen LogP) is 3.69. The van der Waals surface area contributed by atoms with Gasteiger partial charge >= 0.3 is 0 Å². The van der Waals surface area contributed by atoms with Crippen molar-refractivity contribution in [2.45, 2.75) is 31.3 Å². The van der Waals surface area contributed by atoms with Crippen molar-refractivity contribution in [3.05, 3.63) is 65.7 Å². The summed E-state index contributed by atoms with van der Waals surface area (Å²) in [6.07, 6.45) is 1.98. The number of aliphatic hydroxyl groups is 1. The van der Waals surface area contributed by atoms with Crippen LogP contribution < -0.4 is 10.1 Å². The van der Waals surface area contributed by atoms with Crippen molar-refractivity contribution in [3.63, 3.8) is 0 Å². The number of nitrogens with one attached hydrogen (secondary N) is 1. The lowest BCUT2D eigenvalue weighted by Gasteiger charge is -2.43.